The van der Waals surface area contributed by atoms with Gasteiger partial charge in [0.1, 0.15) is 18.1 Å². The molecule has 0 amide bonds. The summed E-state index contributed by atoms with van der Waals surface area (Å²) in [6.45, 7) is 11.5. The van der Waals surface area contributed by atoms with E-state index in [1.807, 2.05) is 12.2 Å². The molecule has 0 saturated carbocycles. The minimum atomic E-state index is -1.77. The molecule has 0 aliphatic heterocycles. The predicted molar refractivity (Wildman–Crippen MR) is 140 cm³/mol. The largest absolute Gasteiger partial charge is 0.469 e. The van der Waals surface area contributed by atoms with Crippen LogP contribution in [-0.2, 0) is 23.4 Å². The molecular weight excluding hydrogens is 537 g/mol. The summed E-state index contributed by atoms with van der Waals surface area (Å²) in [4.78, 5) is 16.5. The van der Waals surface area contributed by atoms with E-state index in [1.54, 1.807) is 20.5 Å². The van der Waals surface area contributed by atoms with Crippen molar-refractivity contribution in [2.24, 2.45) is 0 Å². The second-order valence-electron chi connectivity index (χ2n) is 9.53. The van der Waals surface area contributed by atoms with Gasteiger partial charge in [0, 0.05) is 20.6 Å². The molecule has 1 rings (SSSR count). The summed E-state index contributed by atoms with van der Waals surface area (Å²) in [5, 5.41) is 0.168. The molecule has 1 aromatic rings. The zero-order valence-electron chi connectivity index (χ0n) is 20.8. The Morgan fingerprint density at radius 3 is 2.41 bits per heavy atom. The fourth-order valence-electron chi connectivity index (χ4n) is 3.40. The van der Waals surface area contributed by atoms with Crippen LogP contribution in [0.2, 0.25) is 23.7 Å². The first kappa shape index (κ1) is 29.1. The second-order valence-corrected chi connectivity index (χ2v) is 16.1. The maximum Gasteiger partial charge on any atom is 0.305 e. The van der Waals surface area contributed by atoms with Crippen LogP contribution in [0.4, 0.5) is 0 Å². The molecule has 0 radical (unpaired) electrons. The third-order valence-electron chi connectivity index (χ3n) is 6.64. The quantitative estimate of drug-likeness (QED) is 0.0860. The van der Waals surface area contributed by atoms with Gasteiger partial charge in [0.25, 0.3) is 0 Å². The molecular formula is C24H40INO5Si. The lowest BCUT2D eigenvalue weighted by molar-refractivity contribution is -0.140. The van der Waals surface area contributed by atoms with Crippen LogP contribution in [0.3, 0.4) is 0 Å². The number of allylic oxidation sites excluding steroid dienone is 2. The lowest BCUT2D eigenvalue weighted by atomic mass is 10.1. The van der Waals surface area contributed by atoms with Crippen molar-refractivity contribution >= 4 is 36.6 Å². The fraction of sp³-hybridized carbons (Fsp3) is 0.667. The summed E-state index contributed by atoms with van der Waals surface area (Å²) in [5.74, 6) is 0.556. The Morgan fingerprint density at radius 1 is 1.22 bits per heavy atom. The number of alkyl halides is 1. The van der Waals surface area contributed by atoms with Gasteiger partial charge in [0.15, 0.2) is 0 Å². The first-order chi connectivity index (χ1) is 15.0. The smallest absolute Gasteiger partial charge is 0.305 e. The Balaban J connectivity index is 2.80. The SMILES string of the molecule is COC(=O)C[C@H](C[C@H](/C=C/C=C/C[C@H](OC)c1coc(CI)n1)OC)[Si](C)(C)C(C)(C)C. The molecule has 0 bridgehead atoms. The van der Waals surface area contributed by atoms with E-state index in [0.29, 0.717) is 18.7 Å². The first-order valence-corrected chi connectivity index (χ1v) is 15.6. The van der Waals surface area contributed by atoms with E-state index < -0.39 is 8.07 Å². The minimum Gasteiger partial charge on any atom is -0.469 e. The van der Waals surface area contributed by atoms with E-state index >= 15 is 0 Å². The zero-order chi connectivity index (χ0) is 24.4. The predicted octanol–water partition coefficient (Wildman–Crippen LogP) is 6.65. The Hall–Kier alpha value is -0.973. The molecule has 0 fully saturated rings. The van der Waals surface area contributed by atoms with Gasteiger partial charge in [-0.25, -0.2) is 4.98 Å². The van der Waals surface area contributed by atoms with Gasteiger partial charge in [-0.1, -0.05) is 80.8 Å². The average Bonchev–Trinajstić information content (AvgIpc) is 3.22. The average molecular weight is 578 g/mol. The van der Waals surface area contributed by atoms with Gasteiger partial charge in [0.05, 0.1) is 25.7 Å². The Kier molecular flexibility index (Phi) is 12.4. The molecule has 0 aromatic carbocycles. The summed E-state index contributed by atoms with van der Waals surface area (Å²) < 4.78 is 22.4. The molecule has 0 saturated heterocycles. The summed E-state index contributed by atoms with van der Waals surface area (Å²) in [7, 11) is 3.08. The van der Waals surface area contributed by atoms with Crippen LogP contribution in [0.5, 0.6) is 0 Å². The summed E-state index contributed by atoms with van der Waals surface area (Å²) in [6.07, 6.45) is 11.5. The number of hydrogen-bond donors (Lipinski definition) is 0. The molecule has 32 heavy (non-hydrogen) atoms. The molecule has 0 spiro atoms. The topological polar surface area (TPSA) is 70.8 Å². The molecule has 3 atom stereocenters. The molecule has 0 unspecified atom stereocenters. The zero-order valence-corrected chi connectivity index (χ0v) is 24.0. The van der Waals surface area contributed by atoms with Crippen molar-refractivity contribution in [3.8, 4) is 0 Å². The lowest BCUT2D eigenvalue weighted by Crippen LogP contribution is -2.44. The number of carbonyl (C=O) groups excluding carboxylic acids is 1. The van der Waals surface area contributed by atoms with Gasteiger partial charge < -0.3 is 18.6 Å². The highest BCUT2D eigenvalue weighted by atomic mass is 127. The maximum atomic E-state index is 12.1. The maximum absolute atomic E-state index is 12.1. The molecule has 182 valence electrons. The van der Waals surface area contributed by atoms with E-state index in [1.165, 1.54) is 7.11 Å². The molecule has 8 heteroatoms. The lowest BCUT2D eigenvalue weighted by Gasteiger charge is -2.44. The molecule has 0 aliphatic carbocycles. The molecule has 6 nitrogen and oxygen atoms in total. The number of nitrogens with zero attached hydrogens (tertiary/aromatic N) is 1. The molecule has 0 N–H and O–H groups in total. The van der Waals surface area contributed by atoms with Crippen LogP contribution < -0.4 is 0 Å². The van der Waals surface area contributed by atoms with Crippen molar-refractivity contribution in [2.75, 3.05) is 21.3 Å². The van der Waals surface area contributed by atoms with E-state index in [0.717, 1.165) is 16.5 Å². The van der Waals surface area contributed by atoms with Gasteiger partial charge in [0.2, 0.25) is 5.89 Å². The monoisotopic (exact) mass is 577 g/mol. The summed E-state index contributed by atoms with van der Waals surface area (Å²) in [5.41, 5.74) is 1.06. The number of esters is 1. The van der Waals surface area contributed by atoms with Crippen LogP contribution in [0.25, 0.3) is 0 Å². The Morgan fingerprint density at radius 2 is 1.91 bits per heavy atom. The number of halogens is 1. The van der Waals surface area contributed by atoms with Gasteiger partial charge in [-0.15, -0.1) is 0 Å². The van der Waals surface area contributed by atoms with Crippen molar-refractivity contribution in [1.29, 1.82) is 0 Å². The fourth-order valence-corrected chi connectivity index (χ4v) is 6.48. The molecule has 0 aliphatic rings. The second kappa shape index (κ2) is 13.7. The van der Waals surface area contributed by atoms with Gasteiger partial charge >= 0.3 is 5.97 Å². The van der Waals surface area contributed by atoms with Crippen LogP contribution in [-0.4, -0.2) is 46.5 Å². The highest BCUT2D eigenvalue weighted by Crippen LogP contribution is 2.47. The Bertz CT molecular complexity index is 754. The highest BCUT2D eigenvalue weighted by Gasteiger charge is 2.43. The van der Waals surface area contributed by atoms with Crippen LogP contribution in [0.1, 0.15) is 57.7 Å². The van der Waals surface area contributed by atoms with E-state index in [2.05, 4.69) is 73.6 Å². The third-order valence-corrected chi connectivity index (χ3v) is 13.6. The molecule has 1 aromatic heterocycles. The number of hydrogen-bond acceptors (Lipinski definition) is 6. The summed E-state index contributed by atoms with van der Waals surface area (Å²) in [6, 6.07) is 0. The van der Waals surface area contributed by atoms with Gasteiger partial charge in [-0.2, -0.15) is 0 Å². The van der Waals surface area contributed by atoms with Crippen molar-refractivity contribution < 1.29 is 23.4 Å². The van der Waals surface area contributed by atoms with Gasteiger partial charge in [-0.3, -0.25) is 4.79 Å². The van der Waals surface area contributed by atoms with Crippen LogP contribution in [0, 0.1) is 0 Å². The van der Waals surface area contributed by atoms with Crippen molar-refractivity contribution in [2.45, 2.75) is 80.3 Å². The van der Waals surface area contributed by atoms with E-state index in [-0.39, 0.29) is 28.8 Å². The summed E-state index contributed by atoms with van der Waals surface area (Å²) >= 11 is 2.22. The van der Waals surface area contributed by atoms with E-state index in [4.69, 9.17) is 18.6 Å². The first-order valence-electron chi connectivity index (χ1n) is 11.0. The third kappa shape index (κ3) is 8.76. The van der Waals surface area contributed by atoms with Crippen LogP contribution in [0.15, 0.2) is 35.0 Å². The molecule has 1 heterocycles. The normalized spacial score (nSPS) is 15.9. The number of aromatic nitrogens is 1. The number of carbonyl (C=O) groups is 1. The number of rotatable bonds is 13. The number of methoxy groups -OCH3 is 3. The standard InChI is InChI=1S/C24H40INO5Si/c1-24(2,3)32(7,8)19(15-23(27)30-6)14-18(28-4)12-10-9-11-13-21(29-5)20-17-31-22(16-25)26-20/h9-12,17-19,21H,13-16H2,1-8H3/b11-9+,12-10+/t18-,19-,21-/m0/s1. The van der Waals surface area contributed by atoms with Crippen molar-refractivity contribution in [1.82, 2.24) is 4.98 Å². The number of oxazole rings is 1. The highest BCUT2D eigenvalue weighted by molar-refractivity contribution is 14.1. The van der Waals surface area contributed by atoms with Gasteiger partial charge in [-0.05, 0) is 23.4 Å². The van der Waals surface area contributed by atoms with E-state index in [9.17, 15) is 4.79 Å². The Labute approximate surface area is 208 Å². The van der Waals surface area contributed by atoms with Crippen molar-refractivity contribution in [3.05, 3.63) is 42.2 Å². The van der Waals surface area contributed by atoms with Crippen LogP contribution >= 0.6 is 22.6 Å². The minimum absolute atomic E-state index is 0.0663. The van der Waals surface area contributed by atoms with Crippen molar-refractivity contribution in [3.63, 3.8) is 0 Å². The number of ether oxygens (including phenoxy) is 3.